The predicted molar refractivity (Wildman–Crippen MR) is 58.9 cm³/mol. The largest absolute Gasteiger partial charge is 0.790 e. The lowest BCUT2D eigenvalue weighted by molar-refractivity contribution is -0.391. The van der Waals surface area contributed by atoms with E-state index in [9.17, 15) is 23.9 Å². The van der Waals surface area contributed by atoms with Gasteiger partial charge in [-0.05, 0) is 6.42 Å². The van der Waals surface area contributed by atoms with E-state index in [1.807, 2.05) is 0 Å². The van der Waals surface area contributed by atoms with Gasteiger partial charge in [0, 0.05) is 12.2 Å². The van der Waals surface area contributed by atoms with Crippen molar-refractivity contribution in [3.05, 3.63) is 25.3 Å². The Labute approximate surface area is 109 Å². The van der Waals surface area contributed by atoms with Crippen LogP contribution in [0.3, 0.4) is 0 Å². The van der Waals surface area contributed by atoms with Gasteiger partial charge < -0.3 is 23.8 Å². The molecule has 0 aromatic rings. The molecule has 9 heteroatoms. The molecule has 0 unspecified atom stereocenters. The molecule has 0 saturated heterocycles. The van der Waals surface area contributed by atoms with Gasteiger partial charge in [-0.2, -0.15) is 0 Å². The van der Waals surface area contributed by atoms with Gasteiger partial charge in [-0.1, -0.05) is 20.1 Å². The molecule has 0 N–H and O–H groups in total. The molecule has 0 rings (SSSR count). The van der Waals surface area contributed by atoms with E-state index in [0.717, 1.165) is 0 Å². The van der Waals surface area contributed by atoms with Gasteiger partial charge in [-0.3, -0.25) is 4.52 Å². The van der Waals surface area contributed by atoms with Gasteiger partial charge >= 0.3 is 17.9 Å². The van der Waals surface area contributed by atoms with Gasteiger partial charge in [0.25, 0.3) is 0 Å². The van der Waals surface area contributed by atoms with Crippen molar-refractivity contribution in [2.75, 3.05) is 0 Å². The fourth-order valence-electron chi connectivity index (χ4n) is 1.07. The molecule has 108 valence electrons. The number of hydrogen-bond acceptors (Lipinski definition) is 8. The molecule has 0 aliphatic carbocycles. The van der Waals surface area contributed by atoms with E-state index in [4.69, 9.17) is 0 Å². The Morgan fingerprint density at radius 3 is 1.89 bits per heavy atom. The molecule has 0 radical (unpaired) electrons. The van der Waals surface area contributed by atoms with Gasteiger partial charge in [-0.15, -0.1) is 0 Å². The maximum absolute atomic E-state index is 11.1. The van der Waals surface area contributed by atoms with Crippen molar-refractivity contribution >= 4 is 19.8 Å². The van der Waals surface area contributed by atoms with Crippen LogP contribution in [0.2, 0.25) is 0 Å². The first-order chi connectivity index (χ1) is 8.68. The fraction of sp³-hybridized carbons (Fsp3) is 0.400. The lowest BCUT2D eigenvalue weighted by Gasteiger charge is -2.39. The van der Waals surface area contributed by atoms with Crippen LogP contribution in [0.4, 0.5) is 0 Å². The zero-order valence-corrected chi connectivity index (χ0v) is 11.1. The molecule has 19 heavy (non-hydrogen) atoms. The number of hydrogen-bond donors (Lipinski definition) is 0. The normalized spacial score (nSPS) is 11.5. The number of carbonyl (C=O) groups is 2. The van der Waals surface area contributed by atoms with Crippen LogP contribution in [-0.4, -0.2) is 17.9 Å². The average Bonchev–Trinajstić information content (AvgIpc) is 2.26. The van der Waals surface area contributed by atoms with E-state index in [1.165, 1.54) is 0 Å². The second-order valence-electron chi connectivity index (χ2n) is 3.22. The minimum Gasteiger partial charge on any atom is -0.790 e. The average molecular weight is 292 g/mol. The summed E-state index contributed by atoms with van der Waals surface area (Å²) in [6, 6.07) is 0. The summed E-state index contributed by atoms with van der Waals surface area (Å²) < 4.78 is 23.8. The topological polar surface area (TPSA) is 125 Å². The van der Waals surface area contributed by atoms with Crippen LogP contribution in [-0.2, 0) is 28.2 Å². The third-order valence-electron chi connectivity index (χ3n) is 1.65. The van der Waals surface area contributed by atoms with Crippen LogP contribution < -0.4 is 9.79 Å². The molecule has 0 amide bonds. The maximum Gasteiger partial charge on any atom is 0.379 e. The molecule has 0 aromatic carbocycles. The predicted octanol–water partition coefficient (Wildman–Crippen LogP) is -0.256. The SMILES string of the molecule is C=CC(=O)OC(CCC)(OC(=O)C=C)OP(=O)([O-])[O-]. The highest BCUT2D eigenvalue weighted by Crippen LogP contribution is 2.37. The number of phosphoric acid groups is 1. The molecule has 0 aromatic heterocycles. The van der Waals surface area contributed by atoms with Crippen molar-refractivity contribution in [1.82, 2.24) is 0 Å². The highest BCUT2D eigenvalue weighted by Gasteiger charge is 2.40. The fourth-order valence-corrected chi connectivity index (χ4v) is 1.58. The summed E-state index contributed by atoms with van der Waals surface area (Å²) in [5.41, 5.74) is 0. The van der Waals surface area contributed by atoms with Crippen molar-refractivity contribution in [1.29, 1.82) is 0 Å². The van der Waals surface area contributed by atoms with E-state index >= 15 is 0 Å². The quantitative estimate of drug-likeness (QED) is 0.259. The third-order valence-corrected chi connectivity index (χ3v) is 2.15. The monoisotopic (exact) mass is 292 g/mol. The van der Waals surface area contributed by atoms with Crippen LogP contribution in [0.1, 0.15) is 19.8 Å². The highest BCUT2D eigenvalue weighted by molar-refractivity contribution is 7.43. The van der Waals surface area contributed by atoms with Gasteiger partial charge in [0.1, 0.15) is 0 Å². The number of ether oxygens (including phenoxy) is 2. The zero-order chi connectivity index (χ0) is 15.1. The van der Waals surface area contributed by atoms with Crippen LogP contribution in [0.15, 0.2) is 25.3 Å². The van der Waals surface area contributed by atoms with Crippen LogP contribution in [0.25, 0.3) is 0 Å². The summed E-state index contributed by atoms with van der Waals surface area (Å²) in [6.45, 7) is 7.73. The molecule has 0 aliphatic rings. The number of esters is 2. The Morgan fingerprint density at radius 2 is 1.63 bits per heavy atom. The van der Waals surface area contributed by atoms with E-state index in [2.05, 4.69) is 27.2 Å². The van der Waals surface area contributed by atoms with E-state index in [0.29, 0.717) is 12.2 Å². The number of rotatable bonds is 8. The number of carbonyl (C=O) groups excluding carboxylic acids is 2. The van der Waals surface area contributed by atoms with Crippen molar-refractivity contribution in [2.45, 2.75) is 25.7 Å². The first-order valence-corrected chi connectivity index (χ1v) is 6.57. The van der Waals surface area contributed by atoms with Crippen LogP contribution in [0.5, 0.6) is 0 Å². The number of phosphoric ester groups is 1. The molecular formula is C10H13O8P-2. The Morgan fingerprint density at radius 1 is 1.21 bits per heavy atom. The first-order valence-electron chi connectivity index (χ1n) is 5.11. The molecule has 0 spiro atoms. The zero-order valence-electron chi connectivity index (χ0n) is 10.2. The summed E-state index contributed by atoms with van der Waals surface area (Å²) in [6.07, 6.45) is 1.21. The first kappa shape index (κ1) is 17.5. The van der Waals surface area contributed by atoms with Crippen molar-refractivity contribution < 1.29 is 37.9 Å². The molecule has 0 aliphatic heterocycles. The summed E-state index contributed by atoms with van der Waals surface area (Å²) >= 11 is 0. The van der Waals surface area contributed by atoms with Crippen LogP contribution in [0, 0.1) is 0 Å². The Bertz CT molecular complexity index is 388. The second kappa shape index (κ2) is 7.20. The van der Waals surface area contributed by atoms with Gasteiger partial charge in [0.2, 0.25) is 0 Å². The Hall–Kier alpha value is -1.47. The van der Waals surface area contributed by atoms with E-state index in [1.54, 1.807) is 6.92 Å². The molecule has 8 nitrogen and oxygen atoms in total. The molecule has 0 fully saturated rings. The smallest absolute Gasteiger partial charge is 0.379 e. The maximum atomic E-state index is 11.1. The van der Waals surface area contributed by atoms with Gasteiger partial charge in [0.05, 0.1) is 14.2 Å². The summed E-state index contributed by atoms with van der Waals surface area (Å²) in [7, 11) is -5.57. The lowest BCUT2D eigenvalue weighted by atomic mass is 10.3. The van der Waals surface area contributed by atoms with Gasteiger partial charge in [-0.25, -0.2) is 9.59 Å². The van der Waals surface area contributed by atoms with E-state index in [-0.39, 0.29) is 12.8 Å². The third kappa shape index (κ3) is 6.88. The van der Waals surface area contributed by atoms with Crippen molar-refractivity contribution in [2.24, 2.45) is 0 Å². The Balaban J connectivity index is 5.36. The molecule has 0 heterocycles. The van der Waals surface area contributed by atoms with Crippen molar-refractivity contribution in [3.8, 4) is 0 Å². The van der Waals surface area contributed by atoms with Crippen molar-refractivity contribution in [3.63, 3.8) is 0 Å². The minimum absolute atomic E-state index is 0.189. The molecule has 0 saturated carbocycles. The molecule has 0 bridgehead atoms. The summed E-state index contributed by atoms with van der Waals surface area (Å²) in [5.74, 6) is -4.90. The van der Waals surface area contributed by atoms with E-state index < -0.39 is 25.7 Å². The lowest BCUT2D eigenvalue weighted by Crippen LogP contribution is -2.43. The molecular weight excluding hydrogens is 279 g/mol. The standard InChI is InChI=1S/C10H15O8P/c1-4-7-10(16-8(11)5-2,17-9(12)6-3)18-19(13,14)15/h5-6H,2-4,7H2,1H3,(H2,13,14,15)/p-2. The van der Waals surface area contributed by atoms with Crippen LogP contribution >= 0.6 is 7.82 Å². The summed E-state index contributed by atoms with van der Waals surface area (Å²) in [4.78, 5) is 43.6. The molecule has 0 atom stereocenters. The van der Waals surface area contributed by atoms with Gasteiger partial charge in [0.15, 0.2) is 0 Å². The Kier molecular flexibility index (Phi) is 6.64. The second-order valence-corrected chi connectivity index (χ2v) is 4.30. The highest BCUT2D eigenvalue weighted by atomic mass is 31.2. The summed E-state index contributed by atoms with van der Waals surface area (Å²) in [5, 5.41) is 0. The minimum atomic E-state index is -5.57.